The van der Waals surface area contributed by atoms with Gasteiger partial charge in [-0.2, -0.15) is 0 Å². The molecule has 0 amide bonds. The zero-order chi connectivity index (χ0) is 31.1. The molecule has 1 aliphatic carbocycles. The Labute approximate surface area is 249 Å². The molecule has 0 aromatic heterocycles. The fourth-order valence-electron chi connectivity index (χ4n) is 5.75. The average molecular weight is 595 g/mol. The summed E-state index contributed by atoms with van der Waals surface area (Å²) in [7, 11) is 5.84. The molecule has 11 heteroatoms. The monoisotopic (exact) mass is 594 g/mol. The molecular formula is C32H34O11. The van der Waals surface area contributed by atoms with Crippen molar-refractivity contribution >= 4 is 11.9 Å². The summed E-state index contributed by atoms with van der Waals surface area (Å²) in [6, 6.07) is 11.7. The highest BCUT2D eigenvalue weighted by molar-refractivity contribution is 5.92. The molecule has 0 radical (unpaired) electrons. The first kappa shape index (κ1) is 29.8. The van der Waals surface area contributed by atoms with Gasteiger partial charge in [0.1, 0.15) is 11.7 Å². The van der Waals surface area contributed by atoms with Crippen LogP contribution in [0.25, 0.3) is 11.1 Å². The fraction of sp³-hybridized carbons (Fsp3) is 0.375. The molecule has 0 fully saturated rings. The SMILES string of the molecule is COc1cc2c(c(OC)c1OC)-c1c(cc3c(c1OC)OCO3)[C@H](OC(C)=O)[C@H](C)[C@](C)(O)[C@H]2OC(=O)c1ccccc1. The Hall–Kier alpha value is -4.64. The summed E-state index contributed by atoms with van der Waals surface area (Å²) in [5, 5.41) is 12.4. The van der Waals surface area contributed by atoms with E-state index in [4.69, 9.17) is 37.9 Å². The normalized spacial score (nSPS) is 21.8. The van der Waals surface area contributed by atoms with E-state index in [1.165, 1.54) is 42.3 Å². The first-order valence-corrected chi connectivity index (χ1v) is 13.6. The van der Waals surface area contributed by atoms with Crippen molar-refractivity contribution in [3.63, 3.8) is 0 Å². The second kappa shape index (κ2) is 11.6. The molecule has 228 valence electrons. The van der Waals surface area contributed by atoms with Crippen LogP contribution in [0.15, 0.2) is 42.5 Å². The maximum Gasteiger partial charge on any atom is 0.338 e. The maximum absolute atomic E-state index is 13.6. The first-order valence-electron chi connectivity index (χ1n) is 13.6. The van der Waals surface area contributed by atoms with E-state index in [1.54, 1.807) is 49.4 Å². The van der Waals surface area contributed by atoms with Crippen LogP contribution in [0.5, 0.6) is 34.5 Å². The second-order valence-electron chi connectivity index (χ2n) is 10.4. The highest BCUT2D eigenvalue weighted by Crippen LogP contribution is 2.61. The van der Waals surface area contributed by atoms with Gasteiger partial charge in [-0.15, -0.1) is 0 Å². The first-order chi connectivity index (χ1) is 20.6. The molecule has 0 spiro atoms. The molecule has 1 aliphatic heterocycles. The van der Waals surface area contributed by atoms with E-state index in [0.717, 1.165) is 0 Å². The second-order valence-corrected chi connectivity index (χ2v) is 10.4. The van der Waals surface area contributed by atoms with Gasteiger partial charge in [0.2, 0.25) is 18.3 Å². The van der Waals surface area contributed by atoms with Crippen LogP contribution in [0.3, 0.4) is 0 Å². The van der Waals surface area contributed by atoms with Crippen LogP contribution >= 0.6 is 0 Å². The molecule has 0 bridgehead atoms. The average Bonchev–Trinajstić information content (AvgIpc) is 3.48. The highest BCUT2D eigenvalue weighted by Gasteiger charge is 2.51. The van der Waals surface area contributed by atoms with Gasteiger partial charge in [-0.05, 0) is 31.2 Å². The van der Waals surface area contributed by atoms with E-state index in [1.807, 2.05) is 0 Å². The summed E-state index contributed by atoms with van der Waals surface area (Å²) < 4.78 is 46.8. The van der Waals surface area contributed by atoms with Crippen molar-refractivity contribution in [2.75, 3.05) is 35.2 Å². The minimum Gasteiger partial charge on any atom is -0.493 e. The lowest BCUT2D eigenvalue weighted by molar-refractivity contribution is -0.166. The lowest BCUT2D eigenvalue weighted by atomic mass is 9.71. The largest absolute Gasteiger partial charge is 0.493 e. The number of hydrogen-bond acceptors (Lipinski definition) is 11. The van der Waals surface area contributed by atoms with Gasteiger partial charge in [0, 0.05) is 35.1 Å². The van der Waals surface area contributed by atoms with Crippen molar-refractivity contribution < 1.29 is 52.6 Å². The third kappa shape index (κ3) is 4.93. The molecular weight excluding hydrogens is 560 g/mol. The van der Waals surface area contributed by atoms with Crippen LogP contribution in [-0.2, 0) is 14.3 Å². The van der Waals surface area contributed by atoms with E-state index < -0.39 is 35.7 Å². The summed E-state index contributed by atoms with van der Waals surface area (Å²) >= 11 is 0. The summed E-state index contributed by atoms with van der Waals surface area (Å²) in [5.74, 6) is -0.467. The van der Waals surface area contributed by atoms with Crippen molar-refractivity contribution in [2.24, 2.45) is 5.92 Å². The van der Waals surface area contributed by atoms with Gasteiger partial charge in [-0.25, -0.2) is 4.79 Å². The fourth-order valence-corrected chi connectivity index (χ4v) is 5.75. The molecule has 0 saturated heterocycles. The van der Waals surface area contributed by atoms with Crippen LogP contribution < -0.4 is 28.4 Å². The Morgan fingerprint density at radius 1 is 0.860 bits per heavy atom. The summed E-state index contributed by atoms with van der Waals surface area (Å²) in [6.45, 7) is 4.45. The molecule has 1 N–H and O–H groups in total. The topological polar surface area (TPSA) is 128 Å². The molecule has 3 aromatic carbocycles. The molecule has 2 aliphatic rings. The van der Waals surface area contributed by atoms with E-state index in [2.05, 4.69) is 0 Å². The van der Waals surface area contributed by atoms with Crippen molar-refractivity contribution in [1.29, 1.82) is 0 Å². The van der Waals surface area contributed by atoms with Gasteiger partial charge < -0.3 is 43.0 Å². The van der Waals surface area contributed by atoms with Crippen LogP contribution in [-0.4, -0.2) is 57.9 Å². The van der Waals surface area contributed by atoms with Crippen molar-refractivity contribution in [1.82, 2.24) is 0 Å². The van der Waals surface area contributed by atoms with Gasteiger partial charge in [0.25, 0.3) is 0 Å². The number of rotatable bonds is 7. The number of benzene rings is 3. The molecule has 5 rings (SSSR count). The quantitative estimate of drug-likeness (QED) is 0.370. The van der Waals surface area contributed by atoms with Crippen LogP contribution in [0.4, 0.5) is 0 Å². The number of carbonyl (C=O) groups is 2. The standard InChI is InChI=1S/C32H34O11/c1-16-25(42-17(2)33)19-13-22-27(41-15-40-22)29(39-7)23(19)24-20(14-21(36-4)26(37-5)28(24)38-6)30(32(16,3)35)43-31(34)18-11-9-8-10-12-18/h8-14,16,25,30,35H,15H2,1-7H3/t16-,25+,30-,32-/m0/s1. The van der Waals surface area contributed by atoms with Crippen molar-refractivity contribution in [3.8, 4) is 45.6 Å². The molecule has 43 heavy (non-hydrogen) atoms. The van der Waals surface area contributed by atoms with Crippen molar-refractivity contribution in [2.45, 2.75) is 38.6 Å². The predicted octanol–water partition coefficient (Wildman–Crippen LogP) is 5.02. The highest BCUT2D eigenvalue weighted by atomic mass is 16.7. The zero-order valence-electron chi connectivity index (χ0n) is 25.0. The van der Waals surface area contributed by atoms with E-state index in [0.29, 0.717) is 33.8 Å². The minimum absolute atomic E-state index is 0.0622. The third-order valence-electron chi connectivity index (χ3n) is 7.99. The minimum atomic E-state index is -1.83. The number of esters is 2. The predicted molar refractivity (Wildman–Crippen MR) is 153 cm³/mol. The smallest absolute Gasteiger partial charge is 0.338 e. The Morgan fingerprint density at radius 3 is 2.12 bits per heavy atom. The Morgan fingerprint density at radius 2 is 1.51 bits per heavy atom. The maximum atomic E-state index is 13.6. The summed E-state index contributed by atoms with van der Waals surface area (Å²) in [6.07, 6.45) is -2.39. The Kier molecular flexibility index (Phi) is 8.02. The van der Waals surface area contributed by atoms with E-state index >= 15 is 0 Å². The van der Waals surface area contributed by atoms with Gasteiger partial charge in [0.15, 0.2) is 29.1 Å². The van der Waals surface area contributed by atoms with Gasteiger partial charge in [-0.1, -0.05) is 25.1 Å². The summed E-state index contributed by atoms with van der Waals surface area (Å²) in [5.41, 5.74) is -0.0149. The zero-order valence-corrected chi connectivity index (χ0v) is 25.0. The molecule has 0 saturated carbocycles. The summed E-state index contributed by atoms with van der Waals surface area (Å²) in [4.78, 5) is 26.1. The number of carbonyl (C=O) groups excluding carboxylic acids is 2. The van der Waals surface area contributed by atoms with Gasteiger partial charge in [0.05, 0.1) is 34.0 Å². The molecule has 11 nitrogen and oxygen atoms in total. The van der Waals surface area contributed by atoms with E-state index in [-0.39, 0.29) is 35.4 Å². The lowest BCUT2D eigenvalue weighted by Gasteiger charge is -2.43. The molecule has 4 atom stereocenters. The lowest BCUT2D eigenvalue weighted by Crippen LogP contribution is -2.46. The number of methoxy groups -OCH3 is 4. The molecule has 0 unspecified atom stereocenters. The van der Waals surface area contributed by atoms with Crippen molar-refractivity contribution in [3.05, 3.63) is 59.2 Å². The number of hydrogen-bond donors (Lipinski definition) is 1. The van der Waals surface area contributed by atoms with Gasteiger partial charge in [-0.3, -0.25) is 4.79 Å². The van der Waals surface area contributed by atoms with Gasteiger partial charge >= 0.3 is 11.9 Å². The number of fused-ring (bicyclic) bond motifs is 4. The van der Waals surface area contributed by atoms with E-state index in [9.17, 15) is 14.7 Å². The molecule has 1 heterocycles. The Balaban J connectivity index is 1.93. The Bertz CT molecular complexity index is 1550. The third-order valence-corrected chi connectivity index (χ3v) is 7.99. The van der Waals surface area contributed by atoms with Crippen LogP contribution in [0, 0.1) is 5.92 Å². The van der Waals surface area contributed by atoms with Crippen LogP contribution in [0.2, 0.25) is 0 Å². The van der Waals surface area contributed by atoms with Crippen LogP contribution in [0.1, 0.15) is 54.5 Å². The molecule has 3 aromatic rings. The number of aliphatic hydroxyl groups is 1. The number of ether oxygens (including phenoxy) is 8.